The van der Waals surface area contributed by atoms with Crippen molar-refractivity contribution in [1.82, 2.24) is 0 Å². The highest BCUT2D eigenvalue weighted by Gasteiger charge is 2.09. The van der Waals surface area contributed by atoms with Crippen molar-refractivity contribution in [3.05, 3.63) is 31.9 Å². The van der Waals surface area contributed by atoms with E-state index in [0.717, 1.165) is 6.07 Å². The molecule has 0 aliphatic rings. The summed E-state index contributed by atoms with van der Waals surface area (Å²) >= 11 is -1.47. The first-order chi connectivity index (χ1) is 7.65. The lowest BCUT2D eigenvalue weighted by Gasteiger charge is -1.94. The quantitative estimate of drug-likeness (QED) is 0.255. The van der Waals surface area contributed by atoms with E-state index >= 15 is 0 Å². The van der Waals surface area contributed by atoms with Crippen LogP contribution in [0.5, 0.6) is 5.75 Å². The lowest BCUT2D eigenvalue weighted by Crippen LogP contribution is -1.87. The molecule has 4 N–H and O–H groups in total. The van der Waals surface area contributed by atoms with E-state index in [2.05, 4.69) is 0 Å². The third-order valence-corrected chi connectivity index (χ3v) is 2.61. The number of rotatable bonds is 2. The highest BCUT2D eigenvalue weighted by molar-refractivity contribution is 14.1. The number of phosphoric acid groups is 1. The molecule has 0 aromatic heterocycles. The monoisotopic (exact) mass is 379 g/mol. The Morgan fingerprint density at radius 3 is 2.06 bits per heavy atom. The first-order valence-electron chi connectivity index (χ1n) is 3.68. The van der Waals surface area contributed by atoms with Gasteiger partial charge >= 0.3 is 7.82 Å². The van der Waals surface area contributed by atoms with Crippen molar-refractivity contribution in [2.24, 2.45) is 0 Å². The fourth-order valence-electron chi connectivity index (χ4n) is 0.680. The molecule has 0 amide bonds. The first kappa shape index (κ1) is 16.1. The van der Waals surface area contributed by atoms with E-state index in [0.29, 0.717) is 0 Å². The molecule has 0 heterocycles. The second-order valence-corrected chi connectivity index (χ2v) is 5.11. The number of nitrogens with zero attached hydrogens (tertiary/aromatic N) is 1. The van der Waals surface area contributed by atoms with Crippen molar-refractivity contribution in [2.45, 2.75) is 0 Å². The maximum absolute atomic E-state index is 10.4. The Morgan fingerprint density at radius 2 is 1.76 bits per heavy atom. The zero-order valence-corrected chi connectivity index (χ0v) is 11.0. The van der Waals surface area contributed by atoms with Crippen molar-refractivity contribution in [3.63, 3.8) is 0 Å². The van der Waals surface area contributed by atoms with Gasteiger partial charge in [-0.3, -0.25) is 13.2 Å². The van der Waals surface area contributed by atoms with Crippen LogP contribution in [-0.4, -0.2) is 24.7 Å². The van der Waals surface area contributed by atoms with Crippen LogP contribution in [0.4, 0.5) is 5.69 Å². The van der Waals surface area contributed by atoms with Gasteiger partial charge < -0.3 is 19.8 Å². The molecule has 0 unspecified atom stereocenters. The van der Waals surface area contributed by atoms with Crippen LogP contribution in [0.2, 0.25) is 0 Å². The van der Waals surface area contributed by atoms with Crippen molar-refractivity contribution in [1.29, 1.82) is 0 Å². The molecule has 1 rings (SSSR count). The molecule has 0 spiro atoms. The number of nitro benzene ring substituents is 1. The molecule has 9 nitrogen and oxygen atoms in total. The van der Waals surface area contributed by atoms with Crippen LogP contribution in [0.25, 0.3) is 0 Å². The number of halogens is 1. The Kier molecular flexibility index (Phi) is 6.34. The molecule has 0 saturated heterocycles. The summed E-state index contributed by atoms with van der Waals surface area (Å²) in [6.45, 7) is 0. The predicted molar refractivity (Wildman–Crippen MR) is 62.4 cm³/mol. The Hall–Kier alpha value is -0.940. The number of hydrogen-bond donors (Lipinski definition) is 4. The molecule has 0 saturated carbocycles. The van der Waals surface area contributed by atoms with Gasteiger partial charge in [0.1, 0.15) is 5.75 Å². The van der Waals surface area contributed by atoms with Gasteiger partial charge in [-0.1, -0.05) is 0 Å². The minimum Gasteiger partial charge on any atom is -0.506 e. The first-order valence-corrected chi connectivity index (χ1v) is 7.20. The van der Waals surface area contributed by atoms with Crippen LogP contribution in [0, 0.1) is 13.7 Å². The number of hydrogen-bond acceptors (Lipinski definition) is 5. The normalized spacial score (nSPS) is 10.3. The number of phenols is 1. The molecule has 0 aliphatic heterocycles. The van der Waals surface area contributed by atoms with Gasteiger partial charge in [0, 0.05) is 6.07 Å². The minimum atomic E-state index is -4.64. The zero-order valence-electron chi connectivity index (χ0n) is 7.93. The maximum Gasteiger partial charge on any atom is 0.466 e. The largest absolute Gasteiger partial charge is 0.506 e. The molecule has 11 heteroatoms. The van der Waals surface area contributed by atoms with Crippen LogP contribution >= 0.6 is 29.0 Å². The third kappa shape index (κ3) is 7.88. The van der Waals surface area contributed by atoms with Crippen molar-refractivity contribution < 1.29 is 32.3 Å². The van der Waals surface area contributed by atoms with Gasteiger partial charge in [0.2, 0.25) is 0 Å². The van der Waals surface area contributed by atoms with E-state index in [-0.39, 0.29) is 15.0 Å². The molecule has 0 atom stereocenters. The molecule has 17 heavy (non-hydrogen) atoms. The SMILES string of the molecule is O=Ic1ccc([N+](=O)[O-])cc1O.O=P(O)(O)O. The van der Waals surface area contributed by atoms with Crippen LogP contribution in [0.15, 0.2) is 18.2 Å². The van der Waals surface area contributed by atoms with Gasteiger partial charge in [-0.15, -0.1) is 0 Å². The van der Waals surface area contributed by atoms with Crippen LogP contribution in [0.3, 0.4) is 0 Å². The van der Waals surface area contributed by atoms with E-state index in [1.54, 1.807) is 0 Å². The highest BCUT2D eigenvalue weighted by Crippen LogP contribution is 2.26. The summed E-state index contributed by atoms with van der Waals surface area (Å²) in [6.07, 6.45) is 0. The summed E-state index contributed by atoms with van der Waals surface area (Å²) in [5.41, 5.74) is -0.200. The Morgan fingerprint density at radius 1 is 1.29 bits per heavy atom. The van der Waals surface area contributed by atoms with Crippen molar-refractivity contribution in [2.75, 3.05) is 0 Å². The standard InChI is InChI=1S/C6H4INO4.H3O4P/c9-6-3-4(8(11)12)1-2-5(6)7-10;1-5(2,3)4/h1-3,9H;(H3,1,2,3,4). The van der Waals surface area contributed by atoms with E-state index in [1.807, 2.05) is 0 Å². The van der Waals surface area contributed by atoms with Crippen LogP contribution < -0.4 is 0 Å². The summed E-state index contributed by atoms with van der Waals surface area (Å²) in [7, 11) is -4.64. The second-order valence-electron chi connectivity index (χ2n) is 2.48. The summed E-state index contributed by atoms with van der Waals surface area (Å²) in [4.78, 5) is 31.1. The van der Waals surface area contributed by atoms with E-state index in [9.17, 15) is 13.2 Å². The van der Waals surface area contributed by atoms with Gasteiger partial charge in [0.05, 0.1) is 14.6 Å². The van der Waals surface area contributed by atoms with Gasteiger partial charge in [-0.05, 0) is 6.07 Å². The van der Waals surface area contributed by atoms with Gasteiger partial charge in [0.15, 0.2) is 21.2 Å². The molecule has 0 fully saturated rings. The smallest absolute Gasteiger partial charge is 0.466 e. The minimum absolute atomic E-state index is 0.200. The lowest BCUT2D eigenvalue weighted by molar-refractivity contribution is -0.384. The van der Waals surface area contributed by atoms with Crippen LogP contribution in [-0.2, 0) is 7.63 Å². The highest BCUT2D eigenvalue weighted by atomic mass is 127. The Labute approximate surface area is 105 Å². The fraction of sp³-hybridized carbons (Fsp3) is 0. The molecule has 1 aromatic rings. The topological polar surface area (TPSA) is 158 Å². The maximum atomic E-state index is 10.4. The average molecular weight is 379 g/mol. The van der Waals surface area contributed by atoms with E-state index < -0.39 is 33.9 Å². The number of nitro groups is 1. The van der Waals surface area contributed by atoms with Crippen molar-refractivity contribution >= 4 is 34.7 Å². The number of aromatic hydroxyl groups is 1. The average Bonchev–Trinajstić information content (AvgIpc) is 2.14. The summed E-state index contributed by atoms with van der Waals surface area (Å²) in [5, 5.41) is 19.2. The molecular weight excluding hydrogens is 372 g/mol. The number of benzene rings is 1. The Bertz CT molecular complexity index is 463. The zero-order chi connectivity index (χ0) is 13.6. The fourth-order valence-corrected chi connectivity index (χ4v) is 1.39. The van der Waals surface area contributed by atoms with Crippen LogP contribution in [0.1, 0.15) is 0 Å². The van der Waals surface area contributed by atoms with E-state index in [4.69, 9.17) is 24.4 Å². The van der Waals surface area contributed by atoms with Gasteiger partial charge in [-0.25, -0.2) is 4.57 Å². The van der Waals surface area contributed by atoms with Gasteiger partial charge in [-0.2, -0.15) is 0 Å². The van der Waals surface area contributed by atoms with E-state index in [1.165, 1.54) is 12.1 Å². The summed E-state index contributed by atoms with van der Waals surface area (Å²) in [5.74, 6) is -0.271. The van der Waals surface area contributed by atoms with Gasteiger partial charge in [0.25, 0.3) is 5.69 Å². The number of phenolic OH excluding ortho intramolecular Hbond substituents is 1. The third-order valence-electron chi connectivity index (χ3n) is 1.22. The Balaban J connectivity index is 0.000000437. The molecule has 0 radical (unpaired) electrons. The molecule has 96 valence electrons. The summed E-state index contributed by atoms with van der Waals surface area (Å²) in [6, 6.07) is 3.51. The molecular formula is C6H7INO8P. The van der Waals surface area contributed by atoms with Crippen molar-refractivity contribution in [3.8, 4) is 5.75 Å². The number of non-ortho nitro benzene ring substituents is 1. The predicted octanol–water partition coefficient (Wildman–Crippen LogP) is 0.858. The molecule has 0 aliphatic carbocycles. The molecule has 1 aromatic carbocycles. The second kappa shape index (κ2) is 6.71. The molecule has 0 bridgehead atoms. The summed E-state index contributed by atoms with van der Waals surface area (Å²) < 4.78 is 19.6. The lowest BCUT2D eigenvalue weighted by atomic mass is 10.3.